The predicted molar refractivity (Wildman–Crippen MR) is 89.3 cm³/mol. The number of carbonyl (C=O) groups excluding carboxylic acids is 2. The van der Waals surface area contributed by atoms with Crippen molar-refractivity contribution in [3.8, 4) is 6.07 Å². The van der Waals surface area contributed by atoms with E-state index in [1.165, 1.54) is 0 Å². The van der Waals surface area contributed by atoms with Gasteiger partial charge in [0.15, 0.2) is 6.61 Å². The summed E-state index contributed by atoms with van der Waals surface area (Å²) in [5.41, 5.74) is -0.240. The number of ether oxygens (including phenoxy) is 1. The van der Waals surface area contributed by atoms with Crippen LogP contribution in [0.25, 0.3) is 0 Å². The topological polar surface area (TPSA) is 111 Å². The van der Waals surface area contributed by atoms with Crippen LogP contribution in [0.2, 0.25) is 0 Å². The maximum atomic E-state index is 12.1. The van der Waals surface area contributed by atoms with Crippen LogP contribution in [0.4, 0.5) is 5.69 Å². The predicted octanol–water partition coefficient (Wildman–Crippen LogP) is 1.30. The van der Waals surface area contributed by atoms with Gasteiger partial charge in [-0.3, -0.25) is 4.79 Å². The quantitative estimate of drug-likeness (QED) is 0.618. The molecule has 1 amide bonds. The molecular formula is C17H23N3O4. The Kier molecular flexibility index (Phi) is 7.21. The molecule has 0 saturated carbocycles. The van der Waals surface area contributed by atoms with Gasteiger partial charge in [0.25, 0.3) is 5.91 Å². The SMILES string of the molecule is CC(C)[C@@](C)(C#N)NC(=O)COC(=O)c1ccccc1NCCO. The van der Waals surface area contributed by atoms with Gasteiger partial charge in [-0.05, 0) is 25.0 Å². The molecule has 0 unspecified atom stereocenters. The maximum absolute atomic E-state index is 12.1. The molecule has 0 aliphatic heterocycles. The summed E-state index contributed by atoms with van der Waals surface area (Å²) in [6.07, 6.45) is 0. The zero-order valence-electron chi connectivity index (χ0n) is 14.1. The van der Waals surface area contributed by atoms with Crippen LogP contribution >= 0.6 is 0 Å². The molecule has 0 heterocycles. The Balaban J connectivity index is 2.67. The van der Waals surface area contributed by atoms with Crippen LogP contribution in [0.3, 0.4) is 0 Å². The summed E-state index contributed by atoms with van der Waals surface area (Å²) >= 11 is 0. The number of aliphatic hydroxyl groups is 1. The number of rotatable bonds is 8. The Morgan fingerprint density at radius 1 is 1.38 bits per heavy atom. The summed E-state index contributed by atoms with van der Waals surface area (Å²) in [4.78, 5) is 24.1. The van der Waals surface area contributed by atoms with Crippen molar-refractivity contribution in [2.75, 3.05) is 25.1 Å². The summed E-state index contributed by atoms with van der Waals surface area (Å²) in [5, 5.41) is 23.5. The third-order valence-electron chi connectivity index (χ3n) is 3.69. The number of amides is 1. The van der Waals surface area contributed by atoms with E-state index < -0.39 is 24.0 Å². The van der Waals surface area contributed by atoms with Crippen LogP contribution in [0.5, 0.6) is 0 Å². The molecule has 1 atom stereocenters. The normalized spacial score (nSPS) is 12.8. The van der Waals surface area contributed by atoms with Crippen LogP contribution < -0.4 is 10.6 Å². The molecule has 0 aliphatic rings. The zero-order valence-corrected chi connectivity index (χ0v) is 14.1. The number of nitrogens with one attached hydrogen (secondary N) is 2. The van der Waals surface area contributed by atoms with Crippen LogP contribution in [0.15, 0.2) is 24.3 Å². The molecule has 0 spiro atoms. The van der Waals surface area contributed by atoms with Crippen molar-refractivity contribution in [3.05, 3.63) is 29.8 Å². The van der Waals surface area contributed by atoms with E-state index in [2.05, 4.69) is 16.7 Å². The van der Waals surface area contributed by atoms with E-state index in [9.17, 15) is 14.9 Å². The van der Waals surface area contributed by atoms with E-state index in [4.69, 9.17) is 9.84 Å². The van der Waals surface area contributed by atoms with Gasteiger partial charge in [-0.25, -0.2) is 4.79 Å². The zero-order chi connectivity index (χ0) is 18.2. The van der Waals surface area contributed by atoms with Crippen molar-refractivity contribution in [2.24, 2.45) is 5.92 Å². The molecule has 1 rings (SSSR count). The third kappa shape index (κ3) is 5.25. The van der Waals surface area contributed by atoms with E-state index in [-0.39, 0.29) is 18.1 Å². The fourth-order valence-corrected chi connectivity index (χ4v) is 1.84. The van der Waals surface area contributed by atoms with Crippen molar-refractivity contribution >= 4 is 17.6 Å². The number of esters is 1. The standard InChI is InChI=1S/C17H23N3O4/c1-12(2)17(3,11-18)20-15(22)10-24-16(23)13-6-4-5-7-14(13)19-8-9-21/h4-7,12,19,21H,8-10H2,1-3H3,(H,20,22)/t17-/m1/s1. The molecule has 7 nitrogen and oxygen atoms in total. The Morgan fingerprint density at radius 2 is 2.04 bits per heavy atom. The van der Waals surface area contributed by atoms with Gasteiger partial charge in [0.05, 0.1) is 18.2 Å². The first-order valence-electron chi connectivity index (χ1n) is 7.67. The lowest BCUT2D eigenvalue weighted by atomic mass is 9.90. The van der Waals surface area contributed by atoms with Gasteiger partial charge in [0, 0.05) is 12.2 Å². The number of carbonyl (C=O) groups is 2. The van der Waals surface area contributed by atoms with E-state index in [0.717, 1.165) is 0 Å². The first-order valence-corrected chi connectivity index (χ1v) is 7.67. The molecule has 130 valence electrons. The highest BCUT2D eigenvalue weighted by Gasteiger charge is 2.30. The van der Waals surface area contributed by atoms with Gasteiger partial charge in [0.2, 0.25) is 0 Å². The van der Waals surface area contributed by atoms with E-state index in [1.807, 2.05) is 13.8 Å². The molecule has 1 aromatic rings. The minimum Gasteiger partial charge on any atom is -0.452 e. The highest BCUT2D eigenvalue weighted by Crippen LogP contribution is 2.17. The van der Waals surface area contributed by atoms with Gasteiger partial charge >= 0.3 is 5.97 Å². The Labute approximate surface area is 141 Å². The lowest BCUT2D eigenvalue weighted by molar-refractivity contribution is -0.125. The van der Waals surface area contributed by atoms with Crippen LogP contribution in [0, 0.1) is 17.2 Å². The minimum absolute atomic E-state index is 0.0757. The van der Waals surface area contributed by atoms with E-state index in [0.29, 0.717) is 12.2 Å². The number of aliphatic hydroxyl groups excluding tert-OH is 1. The minimum atomic E-state index is -1.02. The van der Waals surface area contributed by atoms with Crippen molar-refractivity contribution in [2.45, 2.75) is 26.3 Å². The highest BCUT2D eigenvalue weighted by atomic mass is 16.5. The Morgan fingerprint density at radius 3 is 2.62 bits per heavy atom. The monoisotopic (exact) mass is 333 g/mol. The molecule has 7 heteroatoms. The summed E-state index contributed by atoms with van der Waals surface area (Å²) in [7, 11) is 0. The molecule has 1 aromatic carbocycles. The molecule has 0 aliphatic carbocycles. The van der Waals surface area contributed by atoms with Gasteiger partial charge in [0.1, 0.15) is 5.54 Å². The number of nitriles is 1. The van der Waals surface area contributed by atoms with Crippen molar-refractivity contribution in [3.63, 3.8) is 0 Å². The van der Waals surface area contributed by atoms with Gasteiger partial charge in [-0.2, -0.15) is 5.26 Å². The van der Waals surface area contributed by atoms with Crippen molar-refractivity contribution in [1.82, 2.24) is 5.32 Å². The summed E-state index contributed by atoms with van der Waals surface area (Å²) in [6.45, 7) is 4.99. The van der Waals surface area contributed by atoms with E-state index >= 15 is 0 Å². The smallest absolute Gasteiger partial charge is 0.340 e. The second-order valence-corrected chi connectivity index (χ2v) is 5.79. The van der Waals surface area contributed by atoms with Crippen LogP contribution in [-0.2, 0) is 9.53 Å². The summed E-state index contributed by atoms with van der Waals surface area (Å²) < 4.78 is 5.02. The molecular weight excluding hydrogens is 310 g/mol. The first-order chi connectivity index (χ1) is 11.3. The highest BCUT2D eigenvalue weighted by molar-refractivity contribution is 5.96. The summed E-state index contributed by atoms with van der Waals surface area (Å²) in [6, 6.07) is 8.71. The number of benzene rings is 1. The van der Waals surface area contributed by atoms with Gasteiger partial charge in [-0.15, -0.1) is 0 Å². The maximum Gasteiger partial charge on any atom is 0.340 e. The molecule has 0 saturated heterocycles. The van der Waals surface area contributed by atoms with Gasteiger partial charge in [-0.1, -0.05) is 26.0 Å². The van der Waals surface area contributed by atoms with Crippen LogP contribution in [0.1, 0.15) is 31.1 Å². The van der Waals surface area contributed by atoms with Gasteiger partial charge < -0.3 is 20.5 Å². The van der Waals surface area contributed by atoms with Crippen LogP contribution in [-0.4, -0.2) is 42.3 Å². The first kappa shape index (κ1) is 19.5. The molecule has 0 fully saturated rings. The summed E-state index contributed by atoms with van der Waals surface area (Å²) in [5.74, 6) is -1.29. The second kappa shape index (κ2) is 8.89. The molecule has 0 aromatic heterocycles. The number of para-hydroxylation sites is 1. The number of hydrogen-bond acceptors (Lipinski definition) is 6. The Bertz CT molecular complexity index is 625. The fraction of sp³-hybridized carbons (Fsp3) is 0.471. The largest absolute Gasteiger partial charge is 0.452 e. The lowest BCUT2D eigenvalue weighted by Crippen LogP contribution is -2.50. The number of hydrogen-bond donors (Lipinski definition) is 3. The Hall–Kier alpha value is -2.59. The molecule has 0 radical (unpaired) electrons. The fourth-order valence-electron chi connectivity index (χ4n) is 1.84. The number of anilines is 1. The van der Waals surface area contributed by atoms with Crippen molar-refractivity contribution in [1.29, 1.82) is 5.26 Å². The third-order valence-corrected chi connectivity index (χ3v) is 3.69. The van der Waals surface area contributed by atoms with Crippen molar-refractivity contribution < 1.29 is 19.4 Å². The average Bonchev–Trinajstić information content (AvgIpc) is 2.57. The average molecular weight is 333 g/mol. The second-order valence-electron chi connectivity index (χ2n) is 5.79. The molecule has 24 heavy (non-hydrogen) atoms. The lowest BCUT2D eigenvalue weighted by Gasteiger charge is -2.27. The molecule has 0 bridgehead atoms. The van der Waals surface area contributed by atoms with E-state index in [1.54, 1.807) is 31.2 Å². The number of nitrogens with zero attached hydrogens (tertiary/aromatic N) is 1. The molecule has 3 N–H and O–H groups in total.